The molecule has 0 aliphatic heterocycles. The fraction of sp³-hybridized carbons (Fsp3) is 0.211. The maximum Gasteiger partial charge on any atom is 0.261 e. The van der Waals surface area contributed by atoms with E-state index < -0.39 is 0 Å². The molecular formula is C19H19N3O5S. The predicted molar refractivity (Wildman–Crippen MR) is 105 cm³/mol. The van der Waals surface area contributed by atoms with E-state index in [4.69, 9.17) is 13.9 Å². The Hall–Kier alpha value is -3.33. The van der Waals surface area contributed by atoms with Gasteiger partial charge in [0.05, 0.1) is 26.3 Å². The number of thiazole rings is 1. The molecule has 146 valence electrons. The quantitative estimate of drug-likeness (QED) is 0.630. The number of amides is 2. The van der Waals surface area contributed by atoms with Crippen LogP contribution in [0.4, 0.5) is 5.13 Å². The molecule has 3 rings (SSSR count). The number of nitrogens with zero attached hydrogens (tertiary/aromatic N) is 1. The van der Waals surface area contributed by atoms with Crippen molar-refractivity contribution in [1.82, 2.24) is 10.3 Å². The van der Waals surface area contributed by atoms with E-state index in [0.29, 0.717) is 46.0 Å². The van der Waals surface area contributed by atoms with Gasteiger partial charge in [-0.15, -0.1) is 11.3 Å². The average Bonchev–Trinajstić information content (AvgIpc) is 3.35. The number of hydrogen-bond acceptors (Lipinski definition) is 7. The van der Waals surface area contributed by atoms with Crippen molar-refractivity contribution in [3.8, 4) is 23.0 Å². The van der Waals surface area contributed by atoms with Gasteiger partial charge in [-0.3, -0.25) is 14.9 Å². The topological polar surface area (TPSA) is 103 Å². The van der Waals surface area contributed by atoms with Gasteiger partial charge in [-0.05, 0) is 24.3 Å². The summed E-state index contributed by atoms with van der Waals surface area (Å²) in [6, 6.07) is 8.49. The molecule has 0 bridgehead atoms. The molecule has 0 saturated heterocycles. The van der Waals surface area contributed by atoms with Gasteiger partial charge in [0.15, 0.2) is 10.9 Å². The molecule has 0 aliphatic rings. The minimum atomic E-state index is -0.341. The second-order valence-electron chi connectivity index (χ2n) is 5.73. The largest absolute Gasteiger partial charge is 0.497 e. The first-order valence-electron chi connectivity index (χ1n) is 8.32. The molecule has 8 nitrogen and oxygen atoms in total. The van der Waals surface area contributed by atoms with E-state index in [1.54, 1.807) is 42.8 Å². The molecule has 1 aromatic carbocycles. The van der Waals surface area contributed by atoms with Crippen molar-refractivity contribution < 1.29 is 23.5 Å². The molecule has 3 aromatic rings. The lowest BCUT2D eigenvalue weighted by molar-refractivity contribution is -0.119. The molecule has 2 aromatic heterocycles. The fourth-order valence-corrected chi connectivity index (χ4v) is 3.11. The van der Waals surface area contributed by atoms with Crippen LogP contribution in [0.2, 0.25) is 0 Å². The van der Waals surface area contributed by atoms with E-state index in [0.717, 1.165) is 0 Å². The smallest absolute Gasteiger partial charge is 0.261 e. The van der Waals surface area contributed by atoms with Crippen LogP contribution in [0.3, 0.4) is 0 Å². The zero-order valence-corrected chi connectivity index (χ0v) is 16.4. The molecule has 0 radical (unpaired) electrons. The summed E-state index contributed by atoms with van der Waals surface area (Å²) in [5.74, 6) is 1.70. The predicted octanol–water partition coefficient (Wildman–Crippen LogP) is 3.31. The summed E-state index contributed by atoms with van der Waals surface area (Å²) in [5.41, 5.74) is 0.965. The minimum Gasteiger partial charge on any atom is -0.497 e. The second kappa shape index (κ2) is 8.57. The Bertz CT molecular complexity index is 995. The molecule has 0 fully saturated rings. The Morgan fingerprint density at radius 1 is 1.18 bits per heavy atom. The second-order valence-corrected chi connectivity index (χ2v) is 6.59. The summed E-state index contributed by atoms with van der Waals surface area (Å²) in [7, 11) is 3.03. The minimum absolute atomic E-state index is 0.134. The highest BCUT2D eigenvalue weighted by atomic mass is 32.1. The summed E-state index contributed by atoms with van der Waals surface area (Å²) < 4.78 is 16.1. The van der Waals surface area contributed by atoms with Gasteiger partial charge in [0.25, 0.3) is 5.91 Å². The van der Waals surface area contributed by atoms with E-state index in [-0.39, 0.29) is 11.8 Å². The van der Waals surface area contributed by atoms with Crippen molar-refractivity contribution in [2.45, 2.75) is 13.5 Å². The van der Waals surface area contributed by atoms with Gasteiger partial charge in [0.2, 0.25) is 5.91 Å². The number of rotatable bonds is 7. The normalized spacial score (nSPS) is 10.4. The third-order valence-electron chi connectivity index (χ3n) is 3.80. The number of furan rings is 1. The molecule has 2 N–H and O–H groups in total. The highest BCUT2D eigenvalue weighted by molar-refractivity contribution is 7.14. The van der Waals surface area contributed by atoms with Crippen LogP contribution in [0, 0.1) is 0 Å². The summed E-state index contributed by atoms with van der Waals surface area (Å²) in [6.07, 6.45) is 0. The highest BCUT2D eigenvalue weighted by Gasteiger charge is 2.16. The van der Waals surface area contributed by atoms with Gasteiger partial charge in [-0.1, -0.05) is 0 Å². The number of methoxy groups -OCH3 is 2. The first-order chi connectivity index (χ1) is 13.5. The molecule has 0 unspecified atom stereocenters. The van der Waals surface area contributed by atoms with Gasteiger partial charge in [-0.2, -0.15) is 0 Å². The maximum absolute atomic E-state index is 12.6. The standard InChI is InChI=1S/C19H19N3O5S/c1-11(23)20-9-13-5-7-16(27-13)15-10-28-19(21-15)22-18(24)14-6-4-12(25-2)8-17(14)26-3/h4-8,10H,9H2,1-3H3,(H,20,23)(H,21,22,24). The molecular weight excluding hydrogens is 382 g/mol. The Kier molecular flexibility index (Phi) is 5.95. The first kappa shape index (κ1) is 19.4. The summed E-state index contributed by atoms with van der Waals surface area (Å²) in [6.45, 7) is 1.75. The average molecular weight is 401 g/mol. The monoisotopic (exact) mass is 401 g/mol. The van der Waals surface area contributed by atoms with Gasteiger partial charge >= 0.3 is 0 Å². The third kappa shape index (κ3) is 4.49. The highest BCUT2D eigenvalue weighted by Crippen LogP contribution is 2.29. The number of benzene rings is 1. The number of nitrogens with one attached hydrogen (secondary N) is 2. The molecule has 2 amide bonds. The fourth-order valence-electron chi connectivity index (χ4n) is 2.42. The number of carbonyl (C=O) groups is 2. The van der Waals surface area contributed by atoms with Crippen LogP contribution < -0.4 is 20.1 Å². The molecule has 0 spiro atoms. The van der Waals surface area contributed by atoms with Crippen LogP contribution in [-0.4, -0.2) is 31.0 Å². The van der Waals surface area contributed by atoms with Gasteiger partial charge in [0.1, 0.15) is 23.0 Å². The Labute approximate surface area is 165 Å². The number of hydrogen-bond donors (Lipinski definition) is 2. The molecule has 2 heterocycles. The summed E-state index contributed by atoms with van der Waals surface area (Å²) in [4.78, 5) is 27.9. The molecule has 0 aliphatic carbocycles. The van der Waals surface area contributed by atoms with Crippen LogP contribution in [0.1, 0.15) is 23.0 Å². The molecule has 9 heteroatoms. The van der Waals surface area contributed by atoms with Crippen molar-refractivity contribution in [1.29, 1.82) is 0 Å². The van der Waals surface area contributed by atoms with Crippen molar-refractivity contribution in [3.05, 3.63) is 47.0 Å². The van der Waals surface area contributed by atoms with Crippen LogP contribution in [-0.2, 0) is 11.3 Å². The molecule has 28 heavy (non-hydrogen) atoms. The van der Waals surface area contributed by atoms with Gasteiger partial charge in [-0.25, -0.2) is 4.98 Å². The third-order valence-corrected chi connectivity index (χ3v) is 4.56. The SMILES string of the molecule is COc1ccc(C(=O)Nc2nc(-c3ccc(CNC(C)=O)o3)cs2)c(OC)c1. The number of carbonyl (C=O) groups excluding carboxylic acids is 2. The molecule has 0 atom stereocenters. The Morgan fingerprint density at radius 3 is 2.71 bits per heavy atom. The Balaban J connectivity index is 1.71. The van der Waals surface area contributed by atoms with Crippen LogP contribution in [0.5, 0.6) is 11.5 Å². The lowest BCUT2D eigenvalue weighted by atomic mass is 10.2. The van der Waals surface area contributed by atoms with Crippen LogP contribution in [0.25, 0.3) is 11.5 Å². The lowest BCUT2D eigenvalue weighted by Gasteiger charge is -2.09. The lowest BCUT2D eigenvalue weighted by Crippen LogP contribution is -2.18. The summed E-state index contributed by atoms with van der Waals surface area (Å²) in [5, 5.41) is 7.63. The van der Waals surface area contributed by atoms with E-state index in [1.165, 1.54) is 25.4 Å². The Morgan fingerprint density at radius 2 is 2.00 bits per heavy atom. The van der Waals surface area contributed by atoms with E-state index in [2.05, 4.69) is 15.6 Å². The number of anilines is 1. The zero-order chi connectivity index (χ0) is 20.1. The summed E-state index contributed by atoms with van der Waals surface area (Å²) >= 11 is 1.28. The number of ether oxygens (including phenoxy) is 2. The van der Waals surface area contributed by atoms with Crippen molar-refractivity contribution in [3.63, 3.8) is 0 Å². The zero-order valence-electron chi connectivity index (χ0n) is 15.6. The van der Waals surface area contributed by atoms with Crippen molar-refractivity contribution in [2.75, 3.05) is 19.5 Å². The van der Waals surface area contributed by atoms with E-state index >= 15 is 0 Å². The van der Waals surface area contributed by atoms with Crippen molar-refractivity contribution >= 4 is 28.3 Å². The maximum atomic E-state index is 12.6. The first-order valence-corrected chi connectivity index (χ1v) is 9.20. The van der Waals surface area contributed by atoms with Crippen LogP contribution in [0.15, 0.2) is 40.1 Å². The van der Waals surface area contributed by atoms with Gasteiger partial charge in [0, 0.05) is 18.4 Å². The van der Waals surface area contributed by atoms with E-state index in [9.17, 15) is 9.59 Å². The number of aromatic nitrogens is 1. The molecule has 0 saturated carbocycles. The van der Waals surface area contributed by atoms with Crippen LogP contribution >= 0.6 is 11.3 Å². The van der Waals surface area contributed by atoms with E-state index in [1.807, 2.05) is 0 Å². The van der Waals surface area contributed by atoms with Gasteiger partial charge < -0.3 is 19.2 Å². The van der Waals surface area contributed by atoms with Crippen molar-refractivity contribution in [2.24, 2.45) is 0 Å².